The van der Waals surface area contributed by atoms with Gasteiger partial charge in [0.15, 0.2) is 0 Å². The number of hydrogen-bond acceptors (Lipinski definition) is 0. The summed E-state index contributed by atoms with van der Waals surface area (Å²) in [5, 5.41) is 0. The average Bonchev–Trinajstić information content (AvgIpc) is 0. The van der Waals surface area contributed by atoms with E-state index in [-0.39, 0.29) is 126 Å². The molecule has 9 radical (unpaired) electrons. The van der Waals surface area contributed by atoms with Gasteiger partial charge in [-0.1, -0.05) is 0 Å². The first-order chi connectivity index (χ1) is 0. The van der Waals surface area contributed by atoms with Crippen LogP contribution in [-0.2, 0) is 27.3 Å². The minimum atomic E-state index is 0. The maximum absolute atomic E-state index is 0. The summed E-state index contributed by atoms with van der Waals surface area (Å²) >= 11 is 0. The van der Waals surface area contributed by atoms with Crippen molar-refractivity contribution in [1.29, 1.82) is 0 Å². The summed E-state index contributed by atoms with van der Waals surface area (Å²) in [6.45, 7) is 0. The normalized spacial score (nSPS) is 0. The van der Waals surface area contributed by atoms with Crippen LogP contribution >= 0.6 is 0 Å². The summed E-state index contributed by atoms with van der Waals surface area (Å²) in [4.78, 5) is 0. The summed E-state index contributed by atoms with van der Waals surface area (Å²) < 4.78 is 0. The first kappa shape index (κ1) is 50.1. The fourth-order valence-corrected chi connectivity index (χ4v) is 0. The molecule has 0 aromatic heterocycles. The first-order valence-corrected chi connectivity index (χ1v) is 0. The fraction of sp³-hybridized carbons (Fsp3) is 0. The zero-order valence-electron chi connectivity index (χ0n) is 2.31. The molecule has 0 rings (SSSR count). The van der Waals surface area contributed by atoms with Crippen molar-refractivity contribution in [3.05, 3.63) is 0 Å². The Morgan fingerprint density at radius 3 is 0.667 bits per heavy atom. The Kier molecular flexibility index (Phi) is 298. The molecule has 0 unspecified atom stereocenters. The summed E-state index contributed by atoms with van der Waals surface area (Å²) in [7, 11) is 0. The Morgan fingerprint density at radius 2 is 0.667 bits per heavy atom. The average molecular weight is 391 g/mol. The van der Waals surface area contributed by atoms with Gasteiger partial charge in [-0.15, -0.1) is 0 Å². The molecule has 0 bridgehead atoms. The van der Waals surface area contributed by atoms with Crippen LogP contribution in [0.4, 0.5) is 0 Å². The molecule has 0 aliphatic rings. The molecule has 0 atom stereocenters. The molecule has 0 N–H and O–H groups in total. The van der Waals surface area contributed by atoms with Crippen molar-refractivity contribution in [3.63, 3.8) is 0 Å². The van der Waals surface area contributed by atoms with Crippen LogP contribution in [0.3, 0.4) is 0 Å². The Balaban J connectivity index is 0. The number of hydrogen-bond donors (Lipinski definition) is 0. The third kappa shape index (κ3) is 24.4. The van der Waals surface area contributed by atoms with E-state index in [1.807, 2.05) is 0 Å². The molecular weight excluding hydrogens is 389 g/mol. The monoisotopic (exact) mass is 393 g/mol. The molecule has 0 aliphatic heterocycles. The molecule has 0 amide bonds. The summed E-state index contributed by atoms with van der Waals surface area (Å²) in [6.07, 6.45) is 0. The van der Waals surface area contributed by atoms with Gasteiger partial charge in [-0.05, 0) is 0 Å². The van der Waals surface area contributed by atoms with Crippen molar-refractivity contribution >= 4 is 98.6 Å². The SMILES string of the molecule is [Al].[Al].[Bi].[Cd].[LiH].[LiH]. The molecule has 6 heteroatoms. The van der Waals surface area contributed by atoms with Crippen molar-refractivity contribution in [2.24, 2.45) is 0 Å². The third-order valence-corrected chi connectivity index (χ3v) is 0. The Bertz CT molecular complexity index is 11.5. The van der Waals surface area contributed by atoms with Crippen LogP contribution in [0, 0.1) is 0 Å². The van der Waals surface area contributed by atoms with Crippen LogP contribution in [0.5, 0.6) is 0 Å². The standard InChI is InChI=1S/2Al.Bi.Cd.2Li.2H. The van der Waals surface area contributed by atoms with Crippen molar-refractivity contribution in [1.82, 2.24) is 0 Å². The van der Waals surface area contributed by atoms with E-state index >= 15 is 0 Å². The molecule has 0 saturated carbocycles. The third-order valence-electron chi connectivity index (χ3n) is 0. The van der Waals surface area contributed by atoms with E-state index in [2.05, 4.69) is 0 Å². The van der Waals surface area contributed by atoms with Crippen LogP contribution in [0.1, 0.15) is 0 Å². The first-order valence-electron chi connectivity index (χ1n) is 0. The van der Waals surface area contributed by atoms with E-state index in [0.29, 0.717) is 0 Å². The van der Waals surface area contributed by atoms with Crippen LogP contribution in [0.25, 0.3) is 0 Å². The molecule has 0 aromatic rings. The second kappa shape index (κ2) is 35.7. The van der Waals surface area contributed by atoms with Crippen LogP contribution in [0.15, 0.2) is 0 Å². The summed E-state index contributed by atoms with van der Waals surface area (Å²) in [6, 6.07) is 0. The van der Waals surface area contributed by atoms with E-state index in [4.69, 9.17) is 0 Å². The second-order valence-corrected chi connectivity index (χ2v) is 0. The molecule has 0 aromatic carbocycles. The molecule has 0 nitrogen and oxygen atoms in total. The van der Waals surface area contributed by atoms with E-state index < -0.39 is 0 Å². The molecule has 0 aliphatic carbocycles. The van der Waals surface area contributed by atoms with Crippen molar-refractivity contribution in [2.75, 3.05) is 0 Å². The fourth-order valence-electron chi connectivity index (χ4n) is 0. The zero-order valence-corrected chi connectivity index (χ0v) is 12.1. The van der Waals surface area contributed by atoms with Crippen LogP contribution in [0.2, 0.25) is 0 Å². The van der Waals surface area contributed by atoms with E-state index in [0.717, 1.165) is 0 Å². The van der Waals surface area contributed by atoms with Gasteiger partial charge < -0.3 is 0 Å². The molecule has 0 heterocycles. The van der Waals surface area contributed by atoms with E-state index in [1.165, 1.54) is 0 Å². The minimum absolute atomic E-state index is 0. The van der Waals surface area contributed by atoms with Crippen LogP contribution < -0.4 is 0 Å². The predicted molar refractivity (Wildman–Crippen MR) is 31.6 cm³/mol. The van der Waals surface area contributed by atoms with E-state index in [1.54, 1.807) is 0 Å². The van der Waals surface area contributed by atoms with Gasteiger partial charge in [-0.2, -0.15) is 0 Å². The maximum atomic E-state index is 0. The Hall–Kier alpha value is 4.06. The molecule has 6 heavy (non-hydrogen) atoms. The zero-order chi connectivity index (χ0) is 0. The van der Waals surface area contributed by atoms with Gasteiger partial charge in [0, 0.05) is 88.2 Å². The van der Waals surface area contributed by atoms with Crippen molar-refractivity contribution in [2.45, 2.75) is 0 Å². The Morgan fingerprint density at radius 1 is 0.667 bits per heavy atom. The van der Waals surface area contributed by atoms with Gasteiger partial charge in [0.05, 0.1) is 0 Å². The summed E-state index contributed by atoms with van der Waals surface area (Å²) in [5.41, 5.74) is 0. The van der Waals surface area contributed by atoms with Gasteiger partial charge >= 0.3 is 37.7 Å². The molecular formula is H2Al2BiCdLi2. The summed E-state index contributed by atoms with van der Waals surface area (Å²) in [5.74, 6) is 0. The molecule has 0 fully saturated rings. The van der Waals surface area contributed by atoms with Gasteiger partial charge in [-0.3, -0.25) is 0 Å². The molecule has 17 valence electrons. The topological polar surface area (TPSA) is 0 Å². The number of rotatable bonds is 0. The van der Waals surface area contributed by atoms with Crippen LogP contribution in [-0.4, -0.2) is 98.6 Å². The quantitative estimate of drug-likeness (QED) is 0.403. The van der Waals surface area contributed by atoms with Gasteiger partial charge in [0.1, 0.15) is 0 Å². The predicted octanol–water partition coefficient (Wildman–Crippen LogP) is -2.44. The van der Waals surface area contributed by atoms with Crippen molar-refractivity contribution < 1.29 is 27.3 Å². The Labute approximate surface area is 123 Å². The molecule has 0 saturated heterocycles. The second-order valence-electron chi connectivity index (χ2n) is 0. The molecule has 0 spiro atoms. The van der Waals surface area contributed by atoms with Gasteiger partial charge in [0.25, 0.3) is 0 Å². The van der Waals surface area contributed by atoms with Gasteiger partial charge in [0.2, 0.25) is 0 Å². The van der Waals surface area contributed by atoms with Crippen molar-refractivity contribution in [3.8, 4) is 0 Å². The van der Waals surface area contributed by atoms with E-state index in [9.17, 15) is 0 Å². The van der Waals surface area contributed by atoms with Gasteiger partial charge in [-0.25, -0.2) is 0 Å².